The predicted octanol–water partition coefficient (Wildman–Crippen LogP) is 7.16. The van der Waals surface area contributed by atoms with Gasteiger partial charge in [0.25, 0.3) is 5.91 Å². The van der Waals surface area contributed by atoms with E-state index in [0.29, 0.717) is 24.6 Å². The first-order valence-electron chi connectivity index (χ1n) is 15.7. The molecule has 1 saturated carbocycles. The molecule has 7 rings (SSSR count). The van der Waals surface area contributed by atoms with Gasteiger partial charge in [-0.2, -0.15) is 0 Å². The molecule has 0 spiro atoms. The Hall–Kier alpha value is -4.59. The van der Waals surface area contributed by atoms with Gasteiger partial charge in [0.2, 0.25) is 0 Å². The first kappa shape index (κ1) is 28.2. The highest BCUT2D eigenvalue weighted by Crippen LogP contribution is 2.39. The Morgan fingerprint density at radius 2 is 1.75 bits per heavy atom. The number of carbonyl (C=O) groups excluding carboxylic acids is 2. The fourth-order valence-electron chi connectivity index (χ4n) is 6.33. The molecule has 2 aromatic carbocycles. The summed E-state index contributed by atoms with van der Waals surface area (Å²) >= 11 is 0. The smallest absolute Gasteiger partial charge is 0.407 e. The van der Waals surface area contributed by atoms with Crippen LogP contribution in [0.2, 0.25) is 0 Å². The zero-order valence-corrected chi connectivity index (χ0v) is 25.6. The number of aromatic nitrogens is 3. The number of nitrogens with one attached hydrogen (secondary N) is 1. The lowest BCUT2D eigenvalue weighted by Crippen LogP contribution is -2.50. The van der Waals surface area contributed by atoms with Gasteiger partial charge in [0.15, 0.2) is 0 Å². The molecule has 8 heteroatoms. The van der Waals surface area contributed by atoms with Crippen molar-refractivity contribution in [1.82, 2.24) is 24.2 Å². The van der Waals surface area contributed by atoms with Gasteiger partial charge in [-0.25, -0.2) is 9.78 Å². The van der Waals surface area contributed by atoms with E-state index in [0.717, 1.165) is 47.7 Å². The molecule has 1 unspecified atom stereocenters. The van der Waals surface area contributed by atoms with Crippen LogP contribution in [-0.4, -0.2) is 55.6 Å². The third kappa shape index (κ3) is 5.68. The highest BCUT2D eigenvalue weighted by atomic mass is 16.6. The number of likely N-dealkylation sites (tertiary alicyclic amines) is 1. The Morgan fingerprint density at radius 3 is 2.52 bits per heavy atom. The molecule has 1 aliphatic carbocycles. The first-order chi connectivity index (χ1) is 21.2. The summed E-state index contributed by atoms with van der Waals surface area (Å²) in [4.78, 5) is 33.2. The standard InChI is InChI=1S/C36H39N5O3/c1-36(2,3)44-35(43)37-28-13-9-18-39(23-28)34(42)27-17-19-40-31(21-27)38-32(33(40)25-10-5-4-6-11-25)30-20-26-12-7-8-14-29(26)41(30)22-24-15-16-24/h4-8,10-12,14,17,19-21,24,28H,9,13,15-16,18,22-23H2,1-3H3,(H,37,43). The molecule has 1 aliphatic heterocycles. The minimum Gasteiger partial charge on any atom is -0.444 e. The predicted molar refractivity (Wildman–Crippen MR) is 173 cm³/mol. The number of fused-ring (bicyclic) bond motifs is 2. The van der Waals surface area contributed by atoms with E-state index in [1.807, 2.05) is 62.2 Å². The number of para-hydroxylation sites is 1. The Kier molecular flexibility index (Phi) is 7.15. The highest BCUT2D eigenvalue weighted by Gasteiger charge is 2.29. The van der Waals surface area contributed by atoms with Crippen LogP contribution in [0.1, 0.15) is 56.8 Å². The van der Waals surface area contributed by atoms with Crippen molar-refractivity contribution in [3.05, 3.63) is 84.6 Å². The third-order valence-corrected chi connectivity index (χ3v) is 8.54. The molecule has 3 aromatic heterocycles. The van der Waals surface area contributed by atoms with Crippen LogP contribution in [0.25, 0.3) is 39.2 Å². The maximum Gasteiger partial charge on any atom is 0.407 e. The lowest BCUT2D eigenvalue weighted by atomic mass is 10.0. The van der Waals surface area contributed by atoms with Crippen molar-refractivity contribution in [2.24, 2.45) is 5.92 Å². The number of imidazole rings is 1. The van der Waals surface area contributed by atoms with Crippen LogP contribution in [0.3, 0.4) is 0 Å². The second-order valence-electron chi connectivity index (χ2n) is 13.2. The van der Waals surface area contributed by atoms with Crippen molar-refractivity contribution in [3.63, 3.8) is 0 Å². The summed E-state index contributed by atoms with van der Waals surface area (Å²) in [5.41, 5.74) is 6.07. The summed E-state index contributed by atoms with van der Waals surface area (Å²) in [6, 6.07) is 24.8. The molecular formula is C36H39N5O3. The minimum absolute atomic E-state index is 0.0585. The van der Waals surface area contributed by atoms with Crippen molar-refractivity contribution in [3.8, 4) is 22.6 Å². The van der Waals surface area contributed by atoms with Gasteiger partial charge >= 0.3 is 6.09 Å². The number of benzene rings is 2. The molecule has 1 atom stereocenters. The van der Waals surface area contributed by atoms with E-state index < -0.39 is 11.7 Å². The number of hydrogen-bond acceptors (Lipinski definition) is 4. The zero-order valence-electron chi connectivity index (χ0n) is 25.6. The Morgan fingerprint density at radius 1 is 0.977 bits per heavy atom. The van der Waals surface area contributed by atoms with E-state index in [4.69, 9.17) is 9.72 Å². The number of hydrogen-bond donors (Lipinski definition) is 1. The molecule has 1 N–H and O–H groups in total. The van der Waals surface area contributed by atoms with Gasteiger partial charge in [0, 0.05) is 53.9 Å². The number of rotatable bonds is 6. The van der Waals surface area contributed by atoms with Gasteiger partial charge in [0.05, 0.1) is 11.4 Å². The van der Waals surface area contributed by atoms with Crippen molar-refractivity contribution in [2.75, 3.05) is 13.1 Å². The maximum absolute atomic E-state index is 13.8. The molecule has 4 heterocycles. The monoisotopic (exact) mass is 589 g/mol. The Bertz CT molecular complexity index is 1840. The lowest BCUT2D eigenvalue weighted by molar-refractivity contribution is 0.0452. The molecular weight excluding hydrogens is 550 g/mol. The molecule has 2 aliphatic rings. The molecule has 2 fully saturated rings. The highest BCUT2D eigenvalue weighted by molar-refractivity contribution is 5.96. The lowest BCUT2D eigenvalue weighted by Gasteiger charge is -2.33. The van der Waals surface area contributed by atoms with Crippen LogP contribution in [0, 0.1) is 5.92 Å². The van der Waals surface area contributed by atoms with Gasteiger partial charge in [-0.3, -0.25) is 9.20 Å². The van der Waals surface area contributed by atoms with E-state index in [2.05, 4.69) is 56.7 Å². The van der Waals surface area contributed by atoms with E-state index >= 15 is 0 Å². The summed E-state index contributed by atoms with van der Waals surface area (Å²) in [5.74, 6) is 0.640. The minimum atomic E-state index is -0.572. The number of piperidine rings is 1. The van der Waals surface area contributed by atoms with Crippen LogP contribution in [0.5, 0.6) is 0 Å². The Labute approximate surface area is 257 Å². The molecule has 5 aromatic rings. The first-order valence-corrected chi connectivity index (χ1v) is 15.7. The van der Waals surface area contributed by atoms with Gasteiger partial charge < -0.3 is 19.5 Å². The van der Waals surface area contributed by atoms with Crippen LogP contribution in [-0.2, 0) is 11.3 Å². The summed E-state index contributed by atoms with van der Waals surface area (Å²) in [7, 11) is 0. The van der Waals surface area contributed by atoms with Gasteiger partial charge in [-0.15, -0.1) is 0 Å². The number of alkyl carbamates (subject to hydrolysis) is 1. The van der Waals surface area contributed by atoms with E-state index in [9.17, 15) is 9.59 Å². The topological polar surface area (TPSA) is 80.9 Å². The SMILES string of the molecule is CC(C)(C)OC(=O)NC1CCCN(C(=O)c2ccn3c(-c4ccccc4)c(-c4cc5ccccc5n4CC4CC4)nc3c2)C1. The third-order valence-electron chi connectivity index (χ3n) is 8.54. The van der Waals surface area contributed by atoms with Gasteiger partial charge in [-0.1, -0.05) is 48.5 Å². The van der Waals surface area contributed by atoms with Crippen LogP contribution in [0.15, 0.2) is 79.0 Å². The molecule has 1 saturated heterocycles. The van der Waals surface area contributed by atoms with Gasteiger partial charge in [-0.05, 0) is 76.6 Å². The van der Waals surface area contributed by atoms with E-state index in [1.165, 1.54) is 23.7 Å². The van der Waals surface area contributed by atoms with Crippen molar-refractivity contribution in [2.45, 2.75) is 64.6 Å². The normalized spacial score (nSPS) is 17.2. The van der Waals surface area contributed by atoms with Crippen LogP contribution in [0.4, 0.5) is 4.79 Å². The van der Waals surface area contributed by atoms with Crippen LogP contribution < -0.4 is 5.32 Å². The molecule has 44 heavy (non-hydrogen) atoms. The van der Waals surface area contributed by atoms with Gasteiger partial charge in [0.1, 0.15) is 16.9 Å². The van der Waals surface area contributed by atoms with Crippen molar-refractivity contribution in [1.29, 1.82) is 0 Å². The molecule has 2 amide bonds. The van der Waals surface area contributed by atoms with Crippen molar-refractivity contribution >= 4 is 28.6 Å². The quantitative estimate of drug-likeness (QED) is 0.228. The summed E-state index contributed by atoms with van der Waals surface area (Å²) in [6.07, 6.45) is 5.66. The Balaban J connectivity index is 1.24. The van der Waals surface area contributed by atoms with Crippen LogP contribution >= 0.6 is 0 Å². The largest absolute Gasteiger partial charge is 0.444 e. The van der Waals surface area contributed by atoms with E-state index in [1.54, 1.807) is 0 Å². The summed E-state index contributed by atoms with van der Waals surface area (Å²) in [6.45, 7) is 7.59. The van der Waals surface area contributed by atoms with E-state index in [-0.39, 0.29) is 11.9 Å². The fourth-order valence-corrected chi connectivity index (χ4v) is 6.33. The average Bonchev–Trinajstić information content (AvgIpc) is 3.64. The maximum atomic E-state index is 13.8. The number of amides is 2. The zero-order chi connectivity index (χ0) is 30.4. The number of nitrogens with zero attached hydrogens (tertiary/aromatic N) is 4. The molecule has 0 radical (unpaired) electrons. The molecule has 8 nitrogen and oxygen atoms in total. The second kappa shape index (κ2) is 11.2. The molecule has 0 bridgehead atoms. The summed E-state index contributed by atoms with van der Waals surface area (Å²) < 4.78 is 9.97. The average molecular weight is 590 g/mol. The number of ether oxygens (including phenoxy) is 1. The number of pyridine rings is 1. The fraction of sp³-hybridized carbons (Fsp3) is 0.361. The van der Waals surface area contributed by atoms with Crippen molar-refractivity contribution < 1.29 is 14.3 Å². The molecule has 226 valence electrons. The second-order valence-corrected chi connectivity index (χ2v) is 13.2. The number of carbonyl (C=O) groups is 2. The summed E-state index contributed by atoms with van der Waals surface area (Å²) in [5, 5.41) is 4.15.